The largest absolute Gasteiger partial charge is 0.337 e. The monoisotopic (exact) mass is 374 g/mol. The van der Waals surface area contributed by atoms with Gasteiger partial charge in [-0.1, -0.05) is 36.4 Å². The fourth-order valence-electron chi connectivity index (χ4n) is 3.18. The maximum absolute atomic E-state index is 12.5. The van der Waals surface area contributed by atoms with Crippen molar-refractivity contribution in [1.29, 1.82) is 0 Å². The smallest absolute Gasteiger partial charge is 0.328 e. The van der Waals surface area contributed by atoms with Gasteiger partial charge in [0.05, 0.1) is 0 Å². The van der Waals surface area contributed by atoms with E-state index in [2.05, 4.69) is 10.6 Å². The van der Waals surface area contributed by atoms with Crippen molar-refractivity contribution in [3.05, 3.63) is 72.1 Å². The zero-order valence-corrected chi connectivity index (χ0v) is 15.2. The standard InChI is InChI=1S/C21H18N4O3/c1-24-20(27)17(23-21(24)28)11-14-12-25(18-10-6-5-9-16(14)18)13-19(26)22-15-7-3-2-4-8-15/h2-12H,13H2,1H3,(H,22,26)(H,23,28)/b17-11+. The molecule has 2 heterocycles. The lowest BCUT2D eigenvalue weighted by molar-refractivity contribution is -0.122. The van der Waals surface area contributed by atoms with Crippen molar-refractivity contribution in [2.75, 3.05) is 12.4 Å². The molecule has 7 heteroatoms. The van der Waals surface area contributed by atoms with Gasteiger partial charge in [-0.05, 0) is 24.3 Å². The molecule has 0 radical (unpaired) electrons. The van der Waals surface area contributed by atoms with Gasteiger partial charge in [-0.25, -0.2) is 4.79 Å². The molecule has 28 heavy (non-hydrogen) atoms. The van der Waals surface area contributed by atoms with Crippen LogP contribution in [-0.4, -0.2) is 34.4 Å². The lowest BCUT2D eigenvalue weighted by atomic mass is 10.1. The molecule has 3 aromatic rings. The summed E-state index contributed by atoms with van der Waals surface area (Å²) in [6.45, 7) is 0.124. The van der Waals surface area contributed by atoms with Crippen LogP contribution in [0.1, 0.15) is 5.56 Å². The molecule has 0 saturated carbocycles. The fourth-order valence-corrected chi connectivity index (χ4v) is 3.18. The molecule has 140 valence electrons. The molecule has 7 nitrogen and oxygen atoms in total. The molecule has 0 aliphatic carbocycles. The van der Waals surface area contributed by atoms with Gasteiger partial charge in [0.25, 0.3) is 5.91 Å². The Morgan fingerprint density at radius 2 is 1.79 bits per heavy atom. The molecule has 0 spiro atoms. The highest BCUT2D eigenvalue weighted by molar-refractivity contribution is 6.14. The second-order valence-corrected chi connectivity index (χ2v) is 6.50. The number of hydrogen-bond donors (Lipinski definition) is 2. The number of fused-ring (bicyclic) bond motifs is 1. The lowest BCUT2D eigenvalue weighted by Gasteiger charge is -2.07. The molecule has 1 aliphatic heterocycles. The van der Waals surface area contributed by atoms with Crippen LogP contribution in [0.2, 0.25) is 0 Å². The van der Waals surface area contributed by atoms with E-state index in [1.807, 2.05) is 59.2 Å². The second kappa shape index (κ2) is 7.03. The maximum atomic E-state index is 12.5. The molecule has 0 atom stereocenters. The van der Waals surface area contributed by atoms with Crippen molar-refractivity contribution in [3.63, 3.8) is 0 Å². The van der Waals surface area contributed by atoms with Crippen LogP contribution in [0.4, 0.5) is 10.5 Å². The maximum Gasteiger partial charge on any atom is 0.328 e. The molecule has 1 aliphatic rings. The first-order valence-electron chi connectivity index (χ1n) is 8.76. The van der Waals surface area contributed by atoms with Gasteiger partial charge in [0.15, 0.2) is 0 Å². The molecule has 2 N–H and O–H groups in total. The first-order chi connectivity index (χ1) is 13.5. The van der Waals surface area contributed by atoms with Crippen LogP contribution in [0.5, 0.6) is 0 Å². The number of nitrogens with one attached hydrogen (secondary N) is 2. The van der Waals surface area contributed by atoms with Crippen molar-refractivity contribution in [3.8, 4) is 0 Å². The van der Waals surface area contributed by atoms with Crippen LogP contribution in [0, 0.1) is 0 Å². The molecule has 0 bridgehead atoms. The van der Waals surface area contributed by atoms with Gasteiger partial charge in [-0.15, -0.1) is 0 Å². The summed E-state index contributed by atoms with van der Waals surface area (Å²) < 4.78 is 1.82. The molecule has 4 rings (SSSR count). The van der Waals surface area contributed by atoms with Gasteiger partial charge in [0.1, 0.15) is 12.2 Å². The zero-order valence-electron chi connectivity index (χ0n) is 15.2. The van der Waals surface area contributed by atoms with E-state index in [4.69, 9.17) is 0 Å². The Morgan fingerprint density at radius 1 is 1.07 bits per heavy atom. The second-order valence-electron chi connectivity index (χ2n) is 6.50. The van der Waals surface area contributed by atoms with E-state index in [1.54, 1.807) is 12.3 Å². The summed E-state index contributed by atoms with van der Waals surface area (Å²) in [6.07, 6.45) is 3.44. The molecule has 1 aromatic heterocycles. The number of rotatable bonds is 4. The lowest BCUT2D eigenvalue weighted by Crippen LogP contribution is -2.25. The Labute approximate surface area is 161 Å². The first-order valence-corrected chi connectivity index (χ1v) is 8.76. The number of imide groups is 1. The minimum atomic E-state index is -0.456. The summed E-state index contributed by atoms with van der Waals surface area (Å²) in [7, 11) is 1.43. The van der Waals surface area contributed by atoms with Gasteiger partial charge in [-0.3, -0.25) is 14.5 Å². The average molecular weight is 374 g/mol. The number of hydrogen-bond acceptors (Lipinski definition) is 3. The van der Waals surface area contributed by atoms with Crippen LogP contribution < -0.4 is 10.6 Å². The number of carbonyl (C=O) groups excluding carboxylic acids is 3. The number of likely N-dealkylation sites (N-methyl/N-ethyl adjacent to an activating group) is 1. The number of para-hydroxylation sites is 2. The number of anilines is 1. The molecule has 1 saturated heterocycles. The molecule has 1 fully saturated rings. The quantitative estimate of drug-likeness (QED) is 0.544. The van der Waals surface area contributed by atoms with Crippen LogP contribution >= 0.6 is 0 Å². The van der Waals surface area contributed by atoms with E-state index in [9.17, 15) is 14.4 Å². The van der Waals surface area contributed by atoms with E-state index in [1.165, 1.54) is 7.05 Å². The van der Waals surface area contributed by atoms with E-state index in [0.29, 0.717) is 0 Å². The topological polar surface area (TPSA) is 83.4 Å². The van der Waals surface area contributed by atoms with E-state index < -0.39 is 6.03 Å². The molecule has 2 aromatic carbocycles. The third-order valence-electron chi connectivity index (χ3n) is 4.57. The van der Waals surface area contributed by atoms with Crippen LogP contribution in [0.15, 0.2) is 66.5 Å². The van der Waals surface area contributed by atoms with Gasteiger partial charge in [0.2, 0.25) is 5.91 Å². The summed E-state index contributed by atoms with van der Waals surface area (Å²) in [6, 6.07) is 16.4. The number of aromatic nitrogens is 1. The zero-order chi connectivity index (χ0) is 19.7. The van der Waals surface area contributed by atoms with E-state index in [-0.39, 0.29) is 24.1 Å². The van der Waals surface area contributed by atoms with Crippen molar-refractivity contribution in [2.45, 2.75) is 6.54 Å². The molecular formula is C21H18N4O3. The van der Waals surface area contributed by atoms with Crippen LogP contribution in [-0.2, 0) is 16.1 Å². The third kappa shape index (κ3) is 3.25. The van der Waals surface area contributed by atoms with E-state index in [0.717, 1.165) is 27.1 Å². The highest BCUT2D eigenvalue weighted by atomic mass is 16.2. The van der Waals surface area contributed by atoms with Crippen LogP contribution in [0.25, 0.3) is 17.0 Å². The van der Waals surface area contributed by atoms with Crippen molar-refractivity contribution in [2.24, 2.45) is 0 Å². The minimum Gasteiger partial charge on any atom is -0.337 e. The summed E-state index contributed by atoms with van der Waals surface area (Å²) >= 11 is 0. The predicted molar refractivity (Wildman–Crippen MR) is 106 cm³/mol. The Morgan fingerprint density at radius 3 is 2.50 bits per heavy atom. The number of nitrogens with zero attached hydrogens (tertiary/aromatic N) is 2. The van der Waals surface area contributed by atoms with Gasteiger partial charge < -0.3 is 15.2 Å². The highest BCUT2D eigenvalue weighted by Gasteiger charge is 2.30. The Kier molecular flexibility index (Phi) is 4.41. The number of carbonyl (C=O) groups is 3. The van der Waals surface area contributed by atoms with Gasteiger partial charge in [0, 0.05) is 35.4 Å². The first kappa shape index (κ1) is 17.5. The Hall–Kier alpha value is -3.87. The summed E-state index contributed by atoms with van der Waals surface area (Å²) in [4.78, 5) is 37.3. The van der Waals surface area contributed by atoms with Crippen LogP contribution in [0.3, 0.4) is 0 Å². The predicted octanol–water partition coefficient (Wildman–Crippen LogP) is 2.80. The van der Waals surface area contributed by atoms with Gasteiger partial charge in [-0.2, -0.15) is 0 Å². The Bertz CT molecular complexity index is 1120. The average Bonchev–Trinajstić information content (AvgIpc) is 3.15. The number of amides is 4. The third-order valence-corrected chi connectivity index (χ3v) is 4.57. The molecular weight excluding hydrogens is 356 g/mol. The Balaban J connectivity index is 1.65. The number of urea groups is 1. The summed E-state index contributed by atoms with van der Waals surface area (Å²) in [5.74, 6) is -0.542. The van der Waals surface area contributed by atoms with Crippen molar-refractivity contribution in [1.82, 2.24) is 14.8 Å². The van der Waals surface area contributed by atoms with Crippen molar-refractivity contribution < 1.29 is 14.4 Å². The number of benzene rings is 2. The van der Waals surface area contributed by atoms with Crippen molar-refractivity contribution >= 4 is 40.5 Å². The highest BCUT2D eigenvalue weighted by Crippen LogP contribution is 2.24. The van der Waals surface area contributed by atoms with E-state index >= 15 is 0 Å². The summed E-state index contributed by atoms with van der Waals surface area (Å²) in [5, 5.41) is 6.31. The fraction of sp³-hybridized carbons (Fsp3) is 0.0952. The van der Waals surface area contributed by atoms with Gasteiger partial charge >= 0.3 is 6.03 Å². The SMILES string of the molecule is CN1C(=O)N/C(=C/c2cn(CC(=O)Nc3ccccc3)c3ccccc23)C1=O. The molecule has 4 amide bonds. The normalized spacial score (nSPS) is 15.3. The summed E-state index contributed by atoms with van der Waals surface area (Å²) in [5.41, 5.74) is 2.56. The minimum absolute atomic E-state index is 0.124. The molecule has 0 unspecified atom stereocenters.